The van der Waals surface area contributed by atoms with E-state index in [1.165, 1.54) is 0 Å². The molecule has 40 heavy (non-hydrogen) atoms. The zero-order chi connectivity index (χ0) is 28.1. The molecule has 202 valence electrons. The molecule has 0 radical (unpaired) electrons. The molecule has 0 bridgehead atoms. The zero-order valence-corrected chi connectivity index (χ0v) is 23.0. The number of nitrogens with zero attached hydrogens (tertiary/aromatic N) is 3. The number of carbonyl (C=O) groups is 1. The summed E-state index contributed by atoms with van der Waals surface area (Å²) in [7, 11) is 1.57. The van der Waals surface area contributed by atoms with Crippen molar-refractivity contribution in [3.63, 3.8) is 0 Å². The van der Waals surface area contributed by atoms with Crippen molar-refractivity contribution in [3.8, 4) is 11.4 Å². The van der Waals surface area contributed by atoms with E-state index in [4.69, 9.17) is 21.3 Å². The van der Waals surface area contributed by atoms with E-state index in [2.05, 4.69) is 5.32 Å². The summed E-state index contributed by atoms with van der Waals surface area (Å²) in [5.74, 6) is 0.968. The van der Waals surface area contributed by atoms with Gasteiger partial charge in [0.05, 0.1) is 29.7 Å². The summed E-state index contributed by atoms with van der Waals surface area (Å²) in [5, 5.41) is 4.05. The SMILES string of the molecule is CCC(c1nc2ccccc2c(=O)n1-c1ccccc1OC)N(Cc1ccccc1)C(=O)Nc1ccc(Cl)cc1. The molecule has 0 spiro atoms. The number of para-hydroxylation sites is 3. The lowest BCUT2D eigenvalue weighted by Gasteiger charge is -2.32. The normalized spacial score (nSPS) is 11.7. The van der Waals surface area contributed by atoms with E-state index in [0.29, 0.717) is 51.8 Å². The van der Waals surface area contributed by atoms with Crippen molar-refractivity contribution in [2.75, 3.05) is 12.4 Å². The molecule has 1 N–H and O–H groups in total. The smallest absolute Gasteiger partial charge is 0.322 e. The maximum absolute atomic E-state index is 14.0. The Labute approximate surface area is 237 Å². The van der Waals surface area contributed by atoms with Gasteiger partial charge in [0.2, 0.25) is 0 Å². The van der Waals surface area contributed by atoms with Gasteiger partial charge in [0, 0.05) is 17.3 Å². The van der Waals surface area contributed by atoms with Crippen LogP contribution in [-0.4, -0.2) is 27.6 Å². The number of hydrogen-bond donors (Lipinski definition) is 1. The number of anilines is 1. The first kappa shape index (κ1) is 27.0. The number of carbonyl (C=O) groups excluding carboxylic acids is 1. The molecule has 0 aliphatic rings. The summed E-state index contributed by atoms with van der Waals surface area (Å²) in [4.78, 5) is 34.7. The van der Waals surface area contributed by atoms with Crippen LogP contribution in [0.3, 0.4) is 0 Å². The number of ether oxygens (including phenoxy) is 1. The van der Waals surface area contributed by atoms with Gasteiger partial charge in [-0.05, 0) is 60.5 Å². The highest BCUT2D eigenvalue weighted by molar-refractivity contribution is 6.30. The molecule has 0 aliphatic heterocycles. The largest absolute Gasteiger partial charge is 0.495 e. The first-order valence-electron chi connectivity index (χ1n) is 13.0. The topological polar surface area (TPSA) is 76.5 Å². The fourth-order valence-electron chi connectivity index (χ4n) is 4.80. The van der Waals surface area contributed by atoms with Gasteiger partial charge in [-0.25, -0.2) is 9.78 Å². The van der Waals surface area contributed by atoms with Crippen molar-refractivity contribution < 1.29 is 9.53 Å². The van der Waals surface area contributed by atoms with E-state index < -0.39 is 6.04 Å². The van der Waals surface area contributed by atoms with E-state index in [-0.39, 0.29) is 11.6 Å². The Morgan fingerprint density at radius 2 is 1.62 bits per heavy atom. The minimum atomic E-state index is -0.560. The molecule has 5 aromatic rings. The van der Waals surface area contributed by atoms with Crippen LogP contribution in [0, 0.1) is 0 Å². The Morgan fingerprint density at radius 3 is 2.35 bits per heavy atom. The lowest BCUT2D eigenvalue weighted by Crippen LogP contribution is -2.40. The number of aromatic nitrogens is 2. The van der Waals surface area contributed by atoms with Crippen LogP contribution >= 0.6 is 11.6 Å². The maximum Gasteiger partial charge on any atom is 0.322 e. The second-order valence-electron chi connectivity index (χ2n) is 9.27. The Balaban J connectivity index is 1.70. The van der Waals surface area contributed by atoms with Crippen LogP contribution in [0.25, 0.3) is 16.6 Å². The number of urea groups is 1. The van der Waals surface area contributed by atoms with Crippen LogP contribution in [0.1, 0.15) is 30.8 Å². The molecular weight excluding hydrogens is 524 g/mol. The molecule has 1 unspecified atom stereocenters. The first-order chi connectivity index (χ1) is 19.5. The summed E-state index contributed by atoms with van der Waals surface area (Å²) in [6, 6.07) is 30.4. The zero-order valence-electron chi connectivity index (χ0n) is 22.3. The summed E-state index contributed by atoms with van der Waals surface area (Å²) in [5.41, 5.74) is 2.43. The number of nitrogens with one attached hydrogen (secondary N) is 1. The number of benzene rings is 4. The van der Waals surface area contributed by atoms with Gasteiger partial charge in [-0.3, -0.25) is 9.36 Å². The predicted octanol–water partition coefficient (Wildman–Crippen LogP) is 7.23. The van der Waals surface area contributed by atoms with Crippen LogP contribution in [-0.2, 0) is 6.54 Å². The van der Waals surface area contributed by atoms with Crippen molar-refractivity contribution in [1.29, 1.82) is 0 Å². The van der Waals surface area contributed by atoms with Gasteiger partial charge in [-0.15, -0.1) is 0 Å². The third-order valence-electron chi connectivity index (χ3n) is 6.74. The number of fused-ring (bicyclic) bond motifs is 1. The summed E-state index contributed by atoms with van der Waals surface area (Å²) >= 11 is 6.06. The lowest BCUT2D eigenvalue weighted by molar-refractivity contribution is 0.177. The van der Waals surface area contributed by atoms with Crippen molar-refractivity contribution in [3.05, 3.63) is 130 Å². The Morgan fingerprint density at radius 1 is 0.950 bits per heavy atom. The molecule has 8 heteroatoms. The average Bonchev–Trinajstić information content (AvgIpc) is 2.99. The van der Waals surface area contributed by atoms with Crippen molar-refractivity contribution in [1.82, 2.24) is 14.5 Å². The van der Waals surface area contributed by atoms with Gasteiger partial charge >= 0.3 is 6.03 Å². The fraction of sp³-hybridized carbons (Fsp3) is 0.156. The number of rotatable bonds is 8. The monoisotopic (exact) mass is 552 g/mol. The van der Waals surface area contributed by atoms with Crippen LogP contribution in [0.15, 0.2) is 108 Å². The van der Waals surface area contributed by atoms with Crippen LogP contribution in [0.2, 0.25) is 5.02 Å². The molecule has 2 amide bonds. The quantitative estimate of drug-likeness (QED) is 0.220. The molecule has 0 saturated heterocycles. The van der Waals surface area contributed by atoms with Gasteiger partial charge in [0.25, 0.3) is 5.56 Å². The molecule has 0 aliphatic carbocycles. The van der Waals surface area contributed by atoms with Crippen LogP contribution in [0.4, 0.5) is 10.5 Å². The molecule has 5 rings (SSSR count). The van der Waals surface area contributed by atoms with Gasteiger partial charge in [-0.2, -0.15) is 0 Å². The van der Waals surface area contributed by atoms with E-state index >= 15 is 0 Å². The third kappa shape index (κ3) is 5.55. The van der Waals surface area contributed by atoms with Gasteiger partial charge in [0.1, 0.15) is 11.6 Å². The highest BCUT2D eigenvalue weighted by Gasteiger charge is 2.30. The van der Waals surface area contributed by atoms with Gasteiger partial charge < -0.3 is 15.0 Å². The molecule has 1 heterocycles. The van der Waals surface area contributed by atoms with E-state index in [1.807, 2.05) is 73.7 Å². The molecule has 7 nitrogen and oxygen atoms in total. The number of amides is 2. The average molecular weight is 553 g/mol. The van der Waals surface area contributed by atoms with Crippen LogP contribution < -0.4 is 15.6 Å². The summed E-state index contributed by atoms with van der Waals surface area (Å²) < 4.78 is 7.21. The Hall–Kier alpha value is -4.62. The second-order valence-corrected chi connectivity index (χ2v) is 9.71. The summed E-state index contributed by atoms with van der Waals surface area (Å²) in [6.45, 7) is 2.28. The Bertz CT molecular complexity index is 1690. The minimum Gasteiger partial charge on any atom is -0.495 e. The van der Waals surface area contributed by atoms with Gasteiger partial charge in [0.15, 0.2) is 0 Å². The molecule has 1 atom stereocenters. The number of hydrogen-bond acceptors (Lipinski definition) is 4. The third-order valence-corrected chi connectivity index (χ3v) is 6.99. The predicted molar refractivity (Wildman–Crippen MR) is 159 cm³/mol. The van der Waals surface area contributed by atoms with Gasteiger partial charge in [-0.1, -0.05) is 73.1 Å². The first-order valence-corrected chi connectivity index (χ1v) is 13.4. The fourth-order valence-corrected chi connectivity index (χ4v) is 4.92. The Kier molecular flexibility index (Phi) is 8.12. The standard InChI is InChI=1S/C32H29ClN4O3/c1-3-27(36(21-22-11-5-4-6-12-22)32(39)34-24-19-17-23(33)18-20-24)30-35-26-14-8-7-13-25(26)31(38)37(30)28-15-9-10-16-29(28)40-2/h4-20,27H,3,21H2,1-2H3,(H,34,39). The van der Waals surface area contributed by atoms with E-state index in [9.17, 15) is 9.59 Å². The van der Waals surface area contributed by atoms with Crippen LogP contribution in [0.5, 0.6) is 5.75 Å². The van der Waals surface area contributed by atoms with Crippen molar-refractivity contribution in [2.45, 2.75) is 25.9 Å². The number of methoxy groups -OCH3 is 1. The van der Waals surface area contributed by atoms with E-state index in [1.54, 1.807) is 53.0 Å². The number of halogens is 1. The minimum absolute atomic E-state index is 0.235. The summed E-state index contributed by atoms with van der Waals surface area (Å²) in [6.07, 6.45) is 0.501. The molecular formula is C32H29ClN4O3. The lowest BCUT2D eigenvalue weighted by atomic mass is 10.1. The van der Waals surface area contributed by atoms with Crippen molar-refractivity contribution in [2.24, 2.45) is 0 Å². The highest BCUT2D eigenvalue weighted by atomic mass is 35.5. The molecule has 0 saturated carbocycles. The molecule has 0 fully saturated rings. The van der Waals surface area contributed by atoms with Crippen molar-refractivity contribution >= 4 is 34.2 Å². The highest BCUT2D eigenvalue weighted by Crippen LogP contribution is 2.31. The maximum atomic E-state index is 14.0. The second kappa shape index (κ2) is 12.1. The van der Waals surface area contributed by atoms with E-state index in [0.717, 1.165) is 5.56 Å². The molecule has 4 aromatic carbocycles. The molecule has 1 aromatic heterocycles.